The molecule has 0 saturated carbocycles. The van der Waals surface area contributed by atoms with Crippen molar-refractivity contribution in [3.8, 4) is 5.75 Å². The fourth-order valence-electron chi connectivity index (χ4n) is 1.75. The molecule has 6 nitrogen and oxygen atoms in total. The van der Waals surface area contributed by atoms with Gasteiger partial charge < -0.3 is 4.74 Å². The number of nitrogens with zero attached hydrogens (tertiary/aromatic N) is 1. The van der Waals surface area contributed by atoms with Gasteiger partial charge in [0.25, 0.3) is 5.69 Å². The van der Waals surface area contributed by atoms with Gasteiger partial charge in [-0.2, -0.15) is 0 Å². The Morgan fingerprint density at radius 3 is 2.52 bits per heavy atom. The molecular weight excluding hydrogens is 362 g/mol. The standard InChI is InChI=1S/C13H10BrNO5S/c1-20-10-3-2-4-11(8-10)21(18,19)13-7-9(14)5-6-12(13)15(16)17/h2-8H,1H3. The molecule has 8 heteroatoms. The van der Waals surface area contributed by atoms with Crippen molar-refractivity contribution in [2.45, 2.75) is 9.79 Å². The van der Waals surface area contributed by atoms with E-state index < -0.39 is 20.4 Å². The van der Waals surface area contributed by atoms with Crippen molar-refractivity contribution >= 4 is 31.5 Å². The Morgan fingerprint density at radius 2 is 1.90 bits per heavy atom. The summed E-state index contributed by atoms with van der Waals surface area (Å²) in [6.07, 6.45) is 0. The Hall–Kier alpha value is -1.93. The molecule has 0 saturated heterocycles. The fourth-order valence-corrected chi connectivity index (χ4v) is 3.74. The van der Waals surface area contributed by atoms with E-state index in [0.717, 1.165) is 6.07 Å². The molecule has 0 aliphatic rings. The predicted octanol–water partition coefficient (Wildman–Crippen LogP) is 3.20. The largest absolute Gasteiger partial charge is 0.497 e. The highest BCUT2D eigenvalue weighted by Crippen LogP contribution is 2.32. The van der Waals surface area contributed by atoms with E-state index in [2.05, 4.69) is 15.9 Å². The number of methoxy groups -OCH3 is 1. The van der Waals surface area contributed by atoms with Crippen molar-refractivity contribution in [3.05, 3.63) is 57.1 Å². The van der Waals surface area contributed by atoms with Crippen molar-refractivity contribution in [2.24, 2.45) is 0 Å². The van der Waals surface area contributed by atoms with Gasteiger partial charge >= 0.3 is 0 Å². The molecule has 0 aromatic heterocycles. The molecule has 0 radical (unpaired) electrons. The number of nitro benzene ring substituents is 1. The summed E-state index contributed by atoms with van der Waals surface area (Å²) in [5, 5.41) is 11.0. The lowest BCUT2D eigenvalue weighted by Crippen LogP contribution is -2.06. The van der Waals surface area contributed by atoms with Crippen molar-refractivity contribution < 1.29 is 18.1 Å². The minimum atomic E-state index is -4.02. The van der Waals surface area contributed by atoms with Crippen molar-refractivity contribution in [1.82, 2.24) is 0 Å². The predicted molar refractivity (Wildman–Crippen MR) is 79.2 cm³/mol. The van der Waals surface area contributed by atoms with E-state index in [9.17, 15) is 18.5 Å². The molecule has 2 aromatic carbocycles. The van der Waals surface area contributed by atoms with Gasteiger partial charge in [0.05, 0.1) is 16.9 Å². The van der Waals surface area contributed by atoms with Crippen molar-refractivity contribution in [1.29, 1.82) is 0 Å². The van der Waals surface area contributed by atoms with E-state index in [-0.39, 0.29) is 9.79 Å². The van der Waals surface area contributed by atoms with Crippen LogP contribution in [0.4, 0.5) is 5.69 Å². The van der Waals surface area contributed by atoms with Crippen LogP contribution in [0.15, 0.2) is 56.7 Å². The van der Waals surface area contributed by atoms with Crippen LogP contribution < -0.4 is 4.74 Å². The summed E-state index contributed by atoms with van der Waals surface area (Å²) >= 11 is 3.13. The average molecular weight is 372 g/mol. The van der Waals surface area contributed by atoms with Crippen LogP contribution in [0.1, 0.15) is 0 Å². The number of rotatable bonds is 4. The van der Waals surface area contributed by atoms with Crippen molar-refractivity contribution in [2.75, 3.05) is 7.11 Å². The summed E-state index contributed by atoms with van der Waals surface area (Å²) in [6.45, 7) is 0. The summed E-state index contributed by atoms with van der Waals surface area (Å²) < 4.78 is 30.6. The third-order valence-electron chi connectivity index (χ3n) is 2.76. The summed E-state index contributed by atoms with van der Waals surface area (Å²) in [6, 6.07) is 9.57. The van der Waals surface area contributed by atoms with E-state index in [1.807, 2.05) is 0 Å². The number of hydrogen-bond donors (Lipinski definition) is 0. The Labute approximate surface area is 129 Å². The summed E-state index contributed by atoms with van der Waals surface area (Å²) in [7, 11) is -2.61. The van der Waals surface area contributed by atoms with Crippen molar-refractivity contribution in [3.63, 3.8) is 0 Å². The third kappa shape index (κ3) is 3.06. The van der Waals surface area contributed by atoms with E-state index in [0.29, 0.717) is 10.2 Å². The maximum Gasteiger partial charge on any atom is 0.288 e. The van der Waals surface area contributed by atoms with Gasteiger partial charge in [-0.1, -0.05) is 22.0 Å². The molecule has 0 unspecified atom stereocenters. The van der Waals surface area contributed by atoms with Gasteiger partial charge in [0.2, 0.25) is 9.84 Å². The number of ether oxygens (including phenoxy) is 1. The Bertz CT molecular complexity index is 804. The van der Waals surface area contributed by atoms with E-state index in [1.54, 1.807) is 6.07 Å². The van der Waals surface area contributed by atoms with E-state index in [4.69, 9.17) is 4.74 Å². The molecule has 0 amide bonds. The number of hydrogen-bond acceptors (Lipinski definition) is 5. The smallest absolute Gasteiger partial charge is 0.288 e. The monoisotopic (exact) mass is 371 g/mol. The fraction of sp³-hybridized carbons (Fsp3) is 0.0769. The number of sulfone groups is 1. The topological polar surface area (TPSA) is 86.5 Å². The minimum Gasteiger partial charge on any atom is -0.497 e. The summed E-state index contributed by atoms with van der Waals surface area (Å²) in [5.41, 5.74) is -0.471. The van der Waals surface area contributed by atoms with Crippen LogP contribution in [0.25, 0.3) is 0 Å². The minimum absolute atomic E-state index is 0.0666. The Morgan fingerprint density at radius 1 is 1.19 bits per heavy atom. The van der Waals surface area contributed by atoms with Gasteiger partial charge in [-0.15, -0.1) is 0 Å². The molecule has 0 atom stereocenters. The lowest BCUT2D eigenvalue weighted by Gasteiger charge is -2.07. The average Bonchev–Trinajstić information content (AvgIpc) is 2.46. The van der Waals surface area contributed by atoms with Gasteiger partial charge in [0.1, 0.15) is 5.75 Å². The molecular formula is C13H10BrNO5S. The zero-order chi connectivity index (χ0) is 15.6. The highest BCUT2D eigenvalue weighted by atomic mass is 79.9. The SMILES string of the molecule is COc1cccc(S(=O)(=O)c2cc(Br)ccc2[N+](=O)[O-])c1. The second kappa shape index (κ2) is 5.82. The van der Waals surface area contributed by atoms with Crippen LogP contribution in [0, 0.1) is 10.1 Å². The van der Waals surface area contributed by atoms with E-state index in [1.165, 1.54) is 37.4 Å². The molecule has 0 N–H and O–H groups in total. The molecule has 21 heavy (non-hydrogen) atoms. The number of nitro groups is 1. The first-order valence-corrected chi connectivity index (χ1v) is 7.97. The van der Waals surface area contributed by atoms with Gasteiger partial charge in [-0.05, 0) is 30.3 Å². The summed E-state index contributed by atoms with van der Waals surface area (Å²) in [5.74, 6) is 0.355. The third-order valence-corrected chi connectivity index (χ3v) is 5.03. The molecule has 2 aromatic rings. The lowest BCUT2D eigenvalue weighted by atomic mass is 10.3. The summed E-state index contributed by atoms with van der Waals surface area (Å²) in [4.78, 5) is 9.88. The molecule has 2 rings (SSSR count). The number of halogens is 1. The zero-order valence-corrected chi connectivity index (χ0v) is 13.2. The molecule has 0 fully saturated rings. The number of benzene rings is 2. The van der Waals surface area contributed by atoms with Gasteiger partial charge in [-0.25, -0.2) is 8.42 Å². The first-order valence-electron chi connectivity index (χ1n) is 5.69. The zero-order valence-electron chi connectivity index (χ0n) is 10.8. The van der Waals surface area contributed by atoms with Gasteiger partial charge in [0, 0.05) is 10.5 Å². The lowest BCUT2D eigenvalue weighted by molar-refractivity contribution is -0.387. The second-order valence-corrected chi connectivity index (χ2v) is 6.89. The Kier molecular flexibility index (Phi) is 4.29. The maximum atomic E-state index is 12.6. The highest BCUT2D eigenvalue weighted by Gasteiger charge is 2.28. The maximum absolute atomic E-state index is 12.6. The van der Waals surface area contributed by atoms with Gasteiger partial charge in [-0.3, -0.25) is 10.1 Å². The normalized spacial score (nSPS) is 11.1. The van der Waals surface area contributed by atoms with Crippen LogP contribution in [-0.2, 0) is 9.84 Å². The van der Waals surface area contributed by atoms with Crippen LogP contribution in [0.5, 0.6) is 5.75 Å². The molecule has 0 heterocycles. The highest BCUT2D eigenvalue weighted by molar-refractivity contribution is 9.10. The second-order valence-electron chi connectivity index (χ2n) is 4.05. The van der Waals surface area contributed by atoms with E-state index >= 15 is 0 Å². The first kappa shape index (κ1) is 15.5. The van der Waals surface area contributed by atoms with Crippen LogP contribution in [-0.4, -0.2) is 20.5 Å². The molecule has 0 bridgehead atoms. The quantitative estimate of drug-likeness (QED) is 0.608. The Balaban J connectivity index is 2.69. The molecule has 110 valence electrons. The van der Waals surface area contributed by atoms with Crippen LogP contribution in [0.2, 0.25) is 0 Å². The molecule has 0 spiro atoms. The molecule has 0 aliphatic carbocycles. The molecule has 0 aliphatic heterocycles. The van der Waals surface area contributed by atoms with Crippen LogP contribution >= 0.6 is 15.9 Å². The first-order chi connectivity index (χ1) is 9.86. The van der Waals surface area contributed by atoms with Crippen LogP contribution in [0.3, 0.4) is 0 Å². The van der Waals surface area contributed by atoms with Gasteiger partial charge in [0.15, 0.2) is 4.90 Å².